The van der Waals surface area contributed by atoms with E-state index < -0.39 is 5.97 Å². The molecule has 2 N–H and O–H groups in total. The van der Waals surface area contributed by atoms with Gasteiger partial charge in [-0.3, -0.25) is 0 Å². The van der Waals surface area contributed by atoms with Gasteiger partial charge in [-0.25, -0.2) is 4.79 Å². The largest absolute Gasteiger partial charge is 0.490 e. The number of carboxylic acid groups (broad SMARTS) is 1. The zero-order chi connectivity index (χ0) is 19.8. The normalized spacial score (nSPS) is 10.3. The Hall–Kier alpha value is -3.47. The quantitative estimate of drug-likeness (QED) is 0.551. The molecule has 144 valence electrons. The molecule has 0 amide bonds. The molecule has 0 spiro atoms. The van der Waals surface area contributed by atoms with Crippen molar-refractivity contribution in [1.82, 2.24) is 0 Å². The molecular weight excluding hydrogens is 354 g/mol. The molecule has 0 radical (unpaired) electrons. The van der Waals surface area contributed by atoms with Crippen LogP contribution in [0.3, 0.4) is 0 Å². The van der Waals surface area contributed by atoms with Crippen LogP contribution in [0.5, 0.6) is 11.5 Å². The summed E-state index contributed by atoms with van der Waals surface area (Å²) in [5.74, 6) is 0.481. The molecule has 0 fully saturated rings. The van der Waals surface area contributed by atoms with Crippen molar-refractivity contribution in [3.8, 4) is 11.5 Å². The topological polar surface area (TPSA) is 67.8 Å². The number of benzene rings is 3. The van der Waals surface area contributed by atoms with Gasteiger partial charge in [-0.1, -0.05) is 42.5 Å². The van der Waals surface area contributed by atoms with E-state index in [1.165, 1.54) is 0 Å². The van der Waals surface area contributed by atoms with Gasteiger partial charge in [-0.05, 0) is 42.8 Å². The minimum absolute atomic E-state index is 0.260. The van der Waals surface area contributed by atoms with E-state index in [4.69, 9.17) is 14.6 Å². The first-order valence-corrected chi connectivity index (χ1v) is 9.16. The van der Waals surface area contributed by atoms with Crippen LogP contribution in [0.2, 0.25) is 0 Å². The monoisotopic (exact) mass is 377 g/mol. The molecule has 0 saturated carbocycles. The highest BCUT2D eigenvalue weighted by Gasteiger charge is 2.12. The lowest BCUT2D eigenvalue weighted by atomic mass is 10.1. The highest BCUT2D eigenvalue weighted by atomic mass is 16.5. The standard InChI is InChI=1S/C23H23NO4/c1-2-27-21-10-6-9-19(22(21)28-16-17-7-4-3-5-8-17)15-24-20-13-11-18(12-14-20)23(25)26/h3-14,24H,2,15-16H2,1H3,(H,25,26). The number of aromatic carboxylic acids is 1. The number of rotatable bonds is 9. The second kappa shape index (κ2) is 9.46. The van der Waals surface area contributed by atoms with Gasteiger partial charge in [-0.15, -0.1) is 0 Å². The first-order valence-electron chi connectivity index (χ1n) is 9.16. The average molecular weight is 377 g/mol. The minimum Gasteiger partial charge on any atom is -0.490 e. The minimum atomic E-state index is -0.937. The maximum atomic E-state index is 11.0. The summed E-state index contributed by atoms with van der Waals surface area (Å²) in [6.45, 7) is 3.47. The Morgan fingerprint density at radius 1 is 0.929 bits per heavy atom. The molecule has 5 heteroatoms. The van der Waals surface area contributed by atoms with Gasteiger partial charge in [0.1, 0.15) is 6.61 Å². The van der Waals surface area contributed by atoms with Crippen molar-refractivity contribution < 1.29 is 19.4 Å². The summed E-state index contributed by atoms with van der Waals surface area (Å²) in [4.78, 5) is 11.0. The van der Waals surface area contributed by atoms with Crippen LogP contribution in [0.4, 0.5) is 5.69 Å². The maximum absolute atomic E-state index is 11.0. The van der Waals surface area contributed by atoms with Crippen molar-refractivity contribution >= 4 is 11.7 Å². The lowest BCUT2D eigenvalue weighted by Crippen LogP contribution is -2.06. The van der Waals surface area contributed by atoms with Crippen LogP contribution < -0.4 is 14.8 Å². The van der Waals surface area contributed by atoms with Crippen molar-refractivity contribution in [3.63, 3.8) is 0 Å². The maximum Gasteiger partial charge on any atom is 0.335 e. The van der Waals surface area contributed by atoms with Crippen LogP contribution in [0.1, 0.15) is 28.4 Å². The predicted octanol–water partition coefficient (Wildman–Crippen LogP) is 4.97. The Morgan fingerprint density at radius 3 is 2.36 bits per heavy atom. The summed E-state index contributed by atoms with van der Waals surface area (Å²) in [6, 6.07) is 22.5. The molecular formula is C23H23NO4. The Bertz CT molecular complexity index is 908. The smallest absolute Gasteiger partial charge is 0.335 e. The van der Waals surface area contributed by atoms with E-state index in [0.717, 1.165) is 16.8 Å². The third kappa shape index (κ3) is 5.04. The fraction of sp³-hybridized carbons (Fsp3) is 0.174. The van der Waals surface area contributed by atoms with E-state index in [2.05, 4.69) is 5.32 Å². The highest BCUT2D eigenvalue weighted by Crippen LogP contribution is 2.32. The highest BCUT2D eigenvalue weighted by molar-refractivity contribution is 5.88. The first kappa shape index (κ1) is 19.3. The molecule has 3 aromatic rings. The fourth-order valence-electron chi connectivity index (χ4n) is 2.79. The van der Waals surface area contributed by atoms with Gasteiger partial charge in [0.2, 0.25) is 0 Å². The molecule has 0 aromatic heterocycles. The molecule has 0 saturated heterocycles. The van der Waals surface area contributed by atoms with E-state index in [-0.39, 0.29) is 5.56 Å². The van der Waals surface area contributed by atoms with Gasteiger partial charge in [0.25, 0.3) is 0 Å². The van der Waals surface area contributed by atoms with Crippen molar-refractivity contribution in [2.75, 3.05) is 11.9 Å². The number of carbonyl (C=O) groups is 1. The van der Waals surface area contributed by atoms with Gasteiger partial charge >= 0.3 is 5.97 Å². The SMILES string of the molecule is CCOc1cccc(CNc2ccc(C(=O)O)cc2)c1OCc1ccccc1. The van der Waals surface area contributed by atoms with Crippen molar-refractivity contribution in [2.45, 2.75) is 20.1 Å². The van der Waals surface area contributed by atoms with Crippen molar-refractivity contribution in [1.29, 1.82) is 0 Å². The van der Waals surface area contributed by atoms with Gasteiger partial charge in [0.05, 0.1) is 12.2 Å². The third-order valence-corrected chi connectivity index (χ3v) is 4.20. The molecule has 0 aliphatic carbocycles. The van der Waals surface area contributed by atoms with Crippen molar-refractivity contribution in [3.05, 3.63) is 89.5 Å². The number of nitrogens with one attached hydrogen (secondary N) is 1. The van der Waals surface area contributed by atoms with Crippen LogP contribution in [0.25, 0.3) is 0 Å². The second-order valence-corrected chi connectivity index (χ2v) is 6.19. The lowest BCUT2D eigenvalue weighted by Gasteiger charge is -2.17. The first-order chi connectivity index (χ1) is 13.7. The van der Waals surface area contributed by atoms with E-state index in [1.54, 1.807) is 24.3 Å². The summed E-state index contributed by atoms with van der Waals surface area (Å²) in [5, 5.41) is 12.3. The fourth-order valence-corrected chi connectivity index (χ4v) is 2.79. The van der Waals surface area contributed by atoms with E-state index in [0.29, 0.717) is 31.3 Å². The molecule has 3 rings (SSSR count). The van der Waals surface area contributed by atoms with Crippen molar-refractivity contribution in [2.24, 2.45) is 0 Å². The number of hydrogen-bond acceptors (Lipinski definition) is 4. The van der Waals surface area contributed by atoms with E-state index in [9.17, 15) is 4.79 Å². The lowest BCUT2D eigenvalue weighted by molar-refractivity contribution is 0.0697. The molecule has 0 aliphatic heterocycles. The van der Waals surface area contributed by atoms with Gasteiger partial charge in [-0.2, -0.15) is 0 Å². The Kier molecular flexibility index (Phi) is 6.52. The zero-order valence-electron chi connectivity index (χ0n) is 15.7. The molecule has 0 unspecified atom stereocenters. The molecule has 0 atom stereocenters. The summed E-state index contributed by atoms with van der Waals surface area (Å²) in [6.07, 6.45) is 0. The third-order valence-electron chi connectivity index (χ3n) is 4.20. The van der Waals surface area contributed by atoms with Crippen LogP contribution in [-0.4, -0.2) is 17.7 Å². The summed E-state index contributed by atoms with van der Waals surface area (Å²) in [7, 11) is 0. The zero-order valence-corrected chi connectivity index (χ0v) is 15.7. The second-order valence-electron chi connectivity index (χ2n) is 6.19. The number of carboxylic acids is 1. The number of anilines is 1. The molecule has 3 aromatic carbocycles. The Balaban J connectivity index is 1.75. The van der Waals surface area contributed by atoms with Crippen LogP contribution in [0, 0.1) is 0 Å². The van der Waals surface area contributed by atoms with Crippen LogP contribution in [0.15, 0.2) is 72.8 Å². The van der Waals surface area contributed by atoms with Crippen LogP contribution >= 0.6 is 0 Å². The summed E-state index contributed by atoms with van der Waals surface area (Å²) < 4.78 is 11.8. The predicted molar refractivity (Wildman–Crippen MR) is 109 cm³/mol. The summed E-state index contributed by atoms with van der Waals surface area (Å²) >= 11 is 0. The van der Waals surface area contributed by atoms with Gasteiger partial charge in [0.15, 0.2) is 11.5 Å². The Labute approximate surface area is 164 Å². The van der Waals surface area contributed by atoms with E-state index >= 15 is 0 Å². The average Bonchev–Trinajstić information content (AvgIpc) is 2.73. The molecule has 0 bridgehead atoms. The number of hydrogen-bond donors (Lipinski definition) is 2. The van der Waals surface area contributed by atoms with Crippen LogP contribution in [-0.2, 0) is 13.2 Å². The van der Waals surface area contributed by atoms with Gasteiger partial charge in [0, 0.05) is 17.8 Å². The van der Waals surface area contributed by atoms with Gasteiger partial charge < -0.3 is 19.9 Å². The number of para-hydroxylation sites is 1. The molecule has 0 aliphatic rings. The summed E-state index contributed by atoms with van der Waals surface area (Å²) in [5.41, 5.74) is 3.14. The molecule has 0 heterocycles. The Morgan fingerprint density at radius 2 is 1.68 bits per heavy atom. The van der Waals surface area contributed by atoms with E-state index in [1.807, 2.05) is 55.5 Å². The molecule has 5 nitrogen and oxygen atoms in total. The number of ether oxygens (including phenoxy) is 2. The molecule has 28 heavy (non-hydrogen) atoms.